The standard InChI is InChI=1S/C6H4N2O4.C6H6/c9-7(10)5-1-2-6(4-3-5)8(11)12;1-2-4-6-5-3-1/h1-4H;1-6H. The van der Waals surface area contributed by atoms with Crippen LogP contribution in [0.1, 0.15) is 0 Å². The molecule has 0 N–H and O–H groups in total. The molecule has 6 nitrogen and oxygen atoms in total. The molecule has 6 heteroatoms. The Morgan fingerprint density at radius 3 is 1.00 bits per heavy atom. The highest BCUT2D eigenvalue weighted by Crippen LogP contribution is 2.16. The molecule has 2 aromatic carbocycles. The monoisotopic (exact) mass is 246 g/mol. The van der Waals surface area contributed by atoms with Gasteiger partial charge in [0.1, 0.15) is 0 Å². The first-order valence-electron chi connectivity index (χ1n) is 5.00. The molecule has 0 spiro atoms. The molecule has 0 aliphatic rings. The fraction of sp³-hybridized carbons (Fsp3) is 0. The van der Waals surface area contributed by atoms with E-state index in [2.05, 4.69) is 0 Å². The van der Waals surface area contributed by atoms with Crippen LogP contribution in [0.25, 0.3) is 0 Å². The molecule has 0 unspecified atom stereocenters. The summed E-state index contributed by atoms with van der Waals surface area (Å²) in [6, 6.07) is 16.4. The number of hydrogen-bond donors (Lipinski definition) is 0. The van der Waals surface area contributed by atoms with Crippen molar-refractivity contribution < 1.29 is 9.85 Å². The van der Waals surface area contributed by atoms with Gasteiger partial charge in [0.15, 0.2) is 0 Å². The molecule has 0 aliphatic heterocycles. The van der Waals surface area contributed by atoms with Gasteiger partial charge in [0.25, 0.3) is 11.4 Å². The van der Waals surface area contributed by atoms with E-state index in [4.69, 9.17) is 0 Å². The maximum Gasteiger partial charge on any atom is 0.269 e. The molecule has 92 valence electrons. The second kappa shape index (κ2) is 6.74. The van der Waals surface area contributed by atoms with Crippen molar-refractivity contribution in [3.05, 3.63) is 80.9 Å². The Hall–Kier alpha value is -2.76. The lowest BCUT2D eigenvalue weighted by Crippen LogP contribution is -1.90. The number of nitrogens with zero attached hydrogens (tertiary/aromatic N) is 2. The summed E-state index contributed by atoms with van der Waals surface area (Å²) in [6.45, 7) is 0. The summed E-state index contributed by atoms with van der Waals surface area (Å²) in [5, 5.41) is 20.2. The van der Waals surface area contributed by atoms with Gasteiger partial charge in [-0.05, 0) is 0 Å². The SMILES string of the molecule is O=[N+]([O-])c1ccc([N+](=O)[O-])cc1.c1ccccc1. The van der Waals surface area contributed by atoms with Crippen LogP contribution in [0.15, 0.2) is 60.7 Å². The number of rotatable bonds is 2. The highest BCUT2D eigenvalue weighted by Gasteiger charge is 2.08. The Morgan fingerprint density at radius 1 is 0.611 bits per heavy atom. The molecular weight excluding hydrogens is 236 g/mol. The molecule has 0 heterocycles. The average molecular weight is 246 g/mol. The molecule has 0 atom stereocenters. The van der Waals surface area contributed by atoms with Crippen molar-refractivity contribution in [2.75, 3.05) is 0 Å². The highest BCUT2D eigenvalue weighted by molar-refractivity contribution is 5.39. The molecule has 0 fully saturated rings. The van der Waals surface area contributed by atoms with Gasteiger partial charge in [-0.1, -0.05) is 36.4 Å². The van der Waals surface area contributed by atoms with E-state index in [9.17, 15) is 20.2 Å². The number of non-ortho nitro benzene ring substituents is 2. The molecule has 0 bridgehead atoms. The normalized spacial score (nSPS) is 8.89. The number of benzene rings is 2. The number of hydrogen-bond acceptors (Lipinski definition) is 4. The van der Waals surface area contributed by atoms with Crippen LogP contribution >= 0.6 is 0 Å². The van der Waals surface area contributed by atoms with E-state index in [1.54, 1.807) is 0 Å². The zero-order valence-corrected chi connectivity index (χ0v) is 9.30. The Morgan fingerprint density at radius 2 is 0.833 bits per heavy atom. The lowest BCUT2D eigenvalue weighted by atomic mass is 10.3. The summed E-state index contributed by atoms with van der Waals surface area (Å²) < 4.78 is 0. The largest absolute Gasteiger partial charge is 0.269 e. The van der Waals surface area contributed by atoms with Crippen LogP contribution in [0, 0.1) is 20.2 Å². The van der Waals surface area contributed by atoms with Gasteiger partial charge in [-0.2, -0.15) is 0 Å². The molecule has 0 aliphatic carbocycles. The molecule has 0 saturated carbocycles. The van der Waals surface area contributed by atoms with Crippen molar-refractivity contribution in [3.63, 3.8) is 0 Å². The van der Waals surface area contributed by atoms with Crippen LogP contribution in [0.5, 0.6) is 0 Å². The molecule has 0 radical (unpaired) electrons. The van der Waals surface area contributed by atoms with E-state index in [1.165, 1.54) is 0 Å². The third kappa shape index (κ3) is 4.40. The average Bonchev–Trinajstić information content (AvgIpc) is 2.41. The first-order chi connectivity index (χ1) is 8.61. The van der Waals surface area contributed by atoms with Crippen LogP contribution in [-0.4, -0.2) is 9.85 Å². The third-order valence-corrected chi connectivity index (χ3v) is 1.94. The Bertz CT molecular complexity index is 452. The van der Waals surface area contributed by atoms with Gasteiger partial charge in [0, 0.05) is 24.3 Å². The minimum absolute atomic E-state index is 0.152. The molecule has 0 aromatic heterocycles. The van der Waals surface area contributed by atoms with Crippen LogP contribution in [0.3, 0.4) is 0 Å². The van der Waals surface area contributed by atoms with Crippen molar-refractivity contribution in [2.24, 2.45) is 0 Å². The Kier molecular flexibility index (Phi) is 4.98. The molecule has 2 aromatic rings. The van der Waals surface area contributed by atoms with Crippen molar-refractivity contribution >= 4 is 11.4 Å². The summed E-state index contributed by atoms with van der Waals surface area (Å²) in [7, 11) is 0. The summed E-state index contributed by atoms with van der Waals surface area (Å²) >= 11 is 0. The summed E-state index contributed by atoms with van der Waals surface area (Å²) in [5.41, 5.74) is -0.304. The first kappa shape index (κ1) is 13.3. The van der Waals surface area contributed by atoms with Gasteiger partial charge in [-0.15, -0.1) is 0 Å². The zero-order valence-electron chi connectivity index (χ0n) is 9.30. The van der Waals surface area contributed by atoms with Gasteiger partial charge in [-0.25, -0.2) is 0 Å². The quantitative estimate of drug-likeness (QED) is 0.601. The van der Waals surface area contributed by atoms with Crippen LogP contribution in [0.2, 0.25) is 0 Å². The lowest BCUT2D eigenvalue weighted by molar-refractivity contribution is -0.389. The van der Waals surface area contributed by atoms with Crippen molar-refractivity contribution in [1.29, 1.82) is 0 Å². The summed E-state index contributed by atoms with van der Waals surface area (Å²) in [4.78, 5) is 19.0. The van der Waals surface area contributed by atoms with Crippen molar-refractivity contribution in [1.82, 2.24) is 0 Å². The second-order valence-corrected chi connectivity index (χ2v) is 3.19. The number of nitro groups is 2. The van der Waals surface area contributed by atoms with Crippen molar-refractivity contribution in [2.45, 2.75) is 0 Å². The molecule has 2 rings (SSSR count). The minimum Gasteiger partial charge on any atom is -0.258 e. The summed E-state index contributed by atoms with van der Waals surface area (Å²) in [6.07, 6.45) is 0. The maximum atomic E-state index is 10.1. The number of nitro benzene ring substituents is 2. The van der Waals surface area contributed by atoms with Crippen molar-refractivity contribution in [3.8, 4) is 0 Å². The molecule has 0 saturated heterocycles. The first-order valence-corrected chi connectivity index (χ1v) is 5.00. The van der Waals surface area contributed by atoms with Gasteiger partial charge in [0.2, 0.25) is 0 Å². The zero-order chi connectivity index (χ0) is 13.4. The second-order valence-electron chi connectivity index (χ2n) is 3.19. The van der Waals surface area contributed by atoms with E-state index >= 15 is 0 Å². The minimum atomic E-state index is -0.607. The van der Waals surface area contributed by atoms with Gasteiger partial charge in [0.05, 0.1) is 9.85 Å². The lowest BCUT2D eigenvalue weighted by Gasteiger charge is -1.90. The fourth-order valence-electron chi connectivity index (χ4n) is 1.08. The third-order valence-electron chi connectivity index (χ3n) is 1.94. The van der Waals surface area contributed by atoms with E-state index in [0.717, 1.165) is 24.3 Å². The Labute approximate surface area is 103 Å². The maximum absolute atomic E-state index is 10.1. The fourth-order valence-corrected chi connectivity index (χ4v) is 1.08. The topological polar surface area (TPSA) is 86.3 Å². The highest BCUT2D eigenvalue weighted by atomic mass is 16.6. The van der Waals surface area contributed by atoms with Gasteiger partial charge >= 0.3 is 0 Å². The van der Waals surface area contributed by atoms with Gasteiger partial charge in [-0.3, -0.25) is 20.2 Å². The Balaban J connectivity index is 0.000000225. The van der Waals surface area contributed by atoms with E-state index in [-0.39, 0.29) is 11.4 Å². The predicted molar refractivity (Wildman–Crippen MR) is 66.2 cm³/mol. The van der Waals surface area contributed by atoms with Crippen LogP contribution in [0.4, 0.5) is 11.4 Å². The van der Waals surface area contributed by atoms with E-state index < -0.39 is 9.85 Å². The molecule has 0 amide bonds. The van der Waals surface area contributed by atoms with E-state index in [0.29, 0.717) is 0 Å². The molecular formula is C12H10N2O4. The molecule has 18 heavy (non-hydrogen) atoms. The summed E-state index contributed by atoms with van der Waals surface area (Å²) in [5.74, 6) is 0. The predicted octanol–water partition coefficient (Wildman–Crippen LogP) is 3.19. The van der Waals surface area contributed by atoms with Gasteiger partial charge < -0.3 is 0 Å². The van der Waals surface area contributed by atoms with Crippen LogP contribution in [-0.2, 0) is 0 Å². The van der Waals surface area contributed by atoms with E-state index in [1.807, 2.05) is 36.4 Å². The van der Waals surface area contributed by atoms with Crippen LogP contribution < -0.4 is 0 Å². The smallest absolute Gasteiger partial charge is 0.258 e.